The number of ether oxygens (including phenoxy) is 1. The van der Waals surface area contributed by atoms with Crippen LogP contribution in [0.3, 0.4) is 0 Å². The van der Waals surface area contributed by atoms with Gasteiger partial charge in [-0.15, -0.1) is 0 Å². The van der Waals surface area contributed by atoms with Crippen molar-refractivity contribution in [2.75, 3.05) is 20.2 Å². The van der Waals surface area contributed by atoms with Gasteiger partial charge in [0, 0.05) is 13.6 Å². The molecule has 0 spiro atoms. The molecule has 2 N–H and O–H groups in total. The van der Waals surface area contributed by atoms with E-state index in [-0.39, 0.29) is 11.6 Å². The van der Waals surface area contributed by atoms with Crippen molar-refractivity contribution in [2.45, 2.75) is 51.0 Å². The standard InChI is InChI=1S/C12H24N2O2/c1-3-14(2)11(15)16-10-12(13)8-6-4-5-7-9-12/h3-10,13H2,1-2H3. The molecule has 0 bridgehead atoms. The summed E-state index contributed by atoms with van der Waals surface area (Å²) >= 11 is 0. The lowest BCUT2D eigenvalue weighted by molar-refractivity contribution is 0.0840. The van der Waals surface area contributed by atoms with E-state index in [0.717, 1.165) is 25.7 Å². The third-order valence-corrected chi connectivity index (χ3v) is 3.37. The second kappa shape index (κ2) is 6.09. The lowest BCUT2D eigenvalue weighted by Gasteiger charge is -2.28. The molecule has 4 nitrogen and oxygen atoms in total. The zero-order valence-electron chi connectivity index (χ0n) is 10.5. The predicted octanol–water partition coefficient (Wildman–Crippen LogP) is 2.13. The van der Waals surface area contributed by atoms with Crippen LogP contribution in [0.1, 0.15) is 45.4 Å². The Morgan fingerprint density at radius 1 is 1.31 bits per heavy atom. The van der Waals surface area contributed by atoms with Gasteiger partial charge in [-0.3, -0.25) is 0 Å². The number of carbonyl (C=O) groups excluding carboxylic acids is 1. The topological polar surface area (TPSA) is 55.6 Å². The van der Waals surface area contributed by atoms with Gasteiger partial charge < -0.3 is 15.4 Å². The molecule has 1 amide bonds. The van der Waals surface area contributed by atoms with Gasteiger partial charge in [0.1, 0.15) is 6.61 Å². The minimum Gasteiger partial charge on any atom is -0.447 e. The Labute approximate surface area is 98.1 Å². The van der Waals surface area contributed by atoms with Gasteiger partial charge in [-0.25, -0.2) is 4.79 Å². The molecule has 0 aliphatic heterocycles. The maximum Gasteiger partial charge on any atom is 0.409 e. The molecule has 0 saturated heterocycles. The second-order valence-corrected chi connectivity index (χ2v) is 4.85. The van der Waals surface area contributed by atoms with E-state index in [2.05, 4.69) is 0 Å². The fraction of sp³-hybridized carbons (Fsp3) is 0.917. The zero-order chi connectivity index (χ0) is 12.0. The summed E-state index contributed by atoms with van der Waals surface area (Å²) in [6.07, 6.45) is 6.47. The van der Waals surface area contributed by atoms with E-state index in [1.807, 2.05) is 6.92 Å². The minimum absolute atomic E-state index is 0.267. The molecule has 0 aromatic rings. The fourth-order valence-corrected chi connectivity index (χ4v) is 2.02. The molecular weight excluding hydrogens is 204 g/mol. The van der Waals surface area contributed by atoms with Crippen molar-refractivity contribution in [3.8, 4) is 0 Å². The number of nitrogens with two attached hydrogens (primary N) is 1. The van der Waals surface area contributed by atoms with Crippen molar-refractivity contribution in [1.29, 1.82) is 0 Å². The molecule has 0 aromatic heterocycles. The van der Waals surface area contributed by atoms with E-state index in [9.17, 15) is 4.79 Å². The highest BCUT2D eigenvalue weighted by atomic mass is 16.6. The first-order valence-corrected chi connectivity index (χ1v) is 6.24. The lowest BCUT2D eigenvalue weighted by atomic mass is 9.93. The molecule has 94 valence electrons. The van der Waals surface area contributed by atoms with Crippen molar-refractivity contribution < 1.29 is 9.53 Å². The molecule has 16 heavy (non-hydrogen) atoms. The minimum atomic E-state index is -0.291. The Morgan fingerprint density at radius 3 is 2.38 bits per heavy atom. The molecular formula is C12H24N2O2. The molecule has 0 heterocycles. The number of hydrogen-bond donors (Lipinski definition) is 1. The summed E-state index contributed by atoms with van der Waals surface area (Å²) in [7, 11) is 1.73. The molecule has 0 unspecified atom stereocenters. The average molecular weight is 228 g/mol. The Kier molecular flexibility index (Phi) is 5.06. The predicted molar refractivity (Wildman–Crippen MR) is 64.3 cm³/mol. The molecule has 1 saturated carbocycles. The molecule has 1 fully saturated rings. The first-order chi connectivity index (χ1) is 7.57. The molecule has 1 aliphatic rings. The monoisotopic (exact) mass is 228 g/mol. The number of amides is 1. The van der Waals surface area contributed by atoms with Crippen LogP contribution in [0, 0.1) is 0 Å². The SMILES string of the molecule is CCN(C)C(=O)OCC1(N)CCCCCC1. The number of hydrogen-bond acceptors (Lipinski definition) is 3. The largest absolute Gasteiger partial charge is 0.447 e. The van der Waals surface area contributed by atoms with Gasteiger partial charge in [0.15, 0.2) is 0 Å². The van der Waals surface area contributed by atoms with Gasteiger partial charge in [0.25, 0.3) is 0 Å². The fourth-order valence-electron chi connectivity index (χ4n) is 2.02. The van der Waals surface area contributed by atoms with E-state index in [1.165, 1.54) is 12.8 Å². The third kappa shape index (κ3) is 4.00. The Bertz CT molecular complexity index is 223. The van der Waals surface area contributed by atoms with Crippen molar-refractivity contribution in [2.24, 2.45) is 5.73 Å². The maximum absolute atomic E-state index is 11.5. The van der Waals surface area contributed by atoms with E-state index < -0.39 is 0 Å². The summed E-state index contributed by atoms with van der Waals surface area (Å²) < 4.78 is 5.25. The van der Waals surface area contributed by atoms with Gasteiger partial charge in [-0.1, -0.05) is 25.7 Å². The van der Waals surface area contributed by atoms with Crippen LogP contribution >= 0.6 is 0 Å². The Morgan fingerprint density at radius 2 is 1.88 bits per heavy atom. The van der Waals surface area contributed by atoms with E-state index in [4.69, 9.17) is 10.5 Å². The second-order valence-electron chi connectivity index (χ2n) is 4.85. The number of rotatable bonds is 3. The normalized spacial score (nSPS) is 19.9. The van der Waals surface area contributed by atoms with Crippen LogP contribution < -0.4 is 5.73 Å². The van der Waals surface area contributed by atoms with Crippen LogP contribution in [0.25, 0.3) is 0 Å². The smallest absolute Gasteiger partial charge is 0.409 e. The summed E-state index contributed by atoms with van der Waals surface area (Å²) in [6, 6.07) is 0. The van der Waals surface area contributed by atoms with Gasteiger partial charge >= 0.3 is 6.09 Å². The average Bonchev–Trinajstić information content (AvgIpc) is 2.50. The highest BCUT2D eigenvalue weighted by Crippen LogP contribution is 2.25. The molecule has 1 aliphatic carbocycles. The third-order valence-electron chi connectivity index (χ3n) is 3.37. The summed E-state index contributed by atoms with van der Waals surface area (Å²) in [5.41, 5.74) is 5.96. The Balaban J connectivity index is 2.37. The lowest BCUT2D eigenvalue weighted by Crippen LogP contribution is -2.45. The summed E-state index contributed by atoms with van der Waals surface area (Å²) in [5.74, 6) is 0. The highest BCUT2D eigenvalue weighted by Gasteiger charge is 2.28. The van der Waals surface area contributed by atoms with Crippen LogP contribution in [-0.4, -0.2) is 36.7 Å². The van der Waals surface area contributed by atoms with Gasteiger partial charge in [0.2, 0.25) is 0 Å². The van der Waals surface area contributed by atoms with E-state index in [0.29, 0.717) is 13.2 Å². The van der Waals surface area contributed by atoms with Gasteiger partial charge in [-0.05, 0) is 19.8 Å². The summed E-state index contributed by atoms with van der Waals surface area (Å²) in [4.78, 5) is 13.0. The molecule has 0 radical (unpaired) electrons. The highest BCUT2D eigenvalue weighted by molar-refractivity contribution is 5.67. The van der Waals surface area contributed by atoms with Gasteiger partial charge in [-0.2, -0.15) is 0 Å². The first-order valence-electron chi connectivity index (χ1n) is 6.24. The van der Waals surface area contributed by atoms with Crippen LogP contribution in [-0.2, 0) is 4.74 Å². The van der Waals surface area contributed by atoms with Crippen molar-refractivity contribution in [3.05, 3.63) is 0 Å². The van der Waals surface area contributed by atoms with E-state index in [1.54, 1.807) is 11.9 Å². The maximum atomic E-state index is 11.5. The number of carbonyl (C=O) groups is 1. The molecule has 4 heteroatoms. The van der Waals surface area contributed by atoms with Crippen molar-refractivity contribution >= 4 is 6.09 Å². The van der Waals surface area contributed by atoms with Crippen LogP contribution in [0.15, 0.2) is 0 Å². The number of nitrogens with zero attached hydrogens (tertiary/aromatic N) is 1. The summed E-state index contributed by atoms with van der Waals surface area (Å²) in [5, 5.41) is 0. The Hall–Kier alpha value is -0.770. The van der Waals surface area contributed by atoms with Crippen LogP contribution in [0.5, 0.6) is 0 Å². The van der Waals surface area contributed by atoms with Crippen LogP contribution in [0.2, 0.25) is 0 Å². The van der Waals surface area contributed by atoms with Crippen molar-refractivity contribution in [1.82, 2.24) is 4.90 Å². The summed E-state index contributed by atoms with van der Waals surface area (Å²) in [6.45, 7) is 2.94. The quantitative estimate of drug-likeness (QED) is 0.753. The molecule has 1 rings (SSSR count). The zero-order valence-corrected chi connectivity index (χ0v) is 10.5. The van der Waals surface area contributed by atoms with Crippen molar-refractivity contribution in [3.63, 3.8) is 0 Å². The van der Waals surface area contributed by atoms with Crippen LogP contribution in [0.4, 0.5) is 4.79 Å². The molecule has 0 atom stereocenters. The van der Waals surface area contributed by atoms with E-state index >= 15 is 0 Å². The first kappa shape index (κ1) is 13.3. The molecule has 0 aromatic carbocycles. The van der Waals surface area contributed by atoms with Gasteiger partial charge in [0.05, 0.1) is 5.54 Å².